The molecule has 1 aliphatic heterocycles. The fraction of sp³-hybridized carbons (Fsp3) is 0.308. The second-order valence-corrected chi connectivity index (χ2v) is 7.54. The molecule has 2 rings (SSSR count). The van der Waals surface area contributed by atoms with E-state index < -0.39 is 20.8 Å². The second kappa shape index (κ2) is 5.39. The summed E-state index contributed by atoms with van der Waals surface area (Å²) in [5.41, 5.74) is 1.65. The van der Waals surface area contributed by atoms with Gasteiger partial charge in [-0.1, -0.05) is 17.7 Å². The predicted molar refractivity (Wildman–Crippen MR) is 78.3 cm³/mol. The maximum Gasteiger partial charge on any atom is 0.267 e. The predicted octanol–water partition coefficient (Wildman–Crippen LogP) is 2.65. The van der Waals surface area contributed by atoms with Crippen molar-refractivity contribution in [3.8, 4) is 0 Å². The minimum absolute atomic E-state index is 0.0752. The molecule has 0 spiro atoms. The van der Waals surface area contributed by atoms with Crippen molar-refractivity contribution in [1.82, 2.24) is 4.31 Å². The molecule has 20 heavy (non-hydrogen) atoms. The largest absolute Gasteiger partial charge is 0.268 e. The summed E-state index contributed by atoms with van der Waals surface area (Å²) in [5, 5.41) is 0. The maximum atomic E-state index is 12.5. The van der Waals surface area contributed by atoms with E-state index in [9.17, 15) is 13.2 Å². The van der Waals surface area contributed by atoms with Crippen LogP contribution in [0.2, 0.25) is 0 Å². The molecule has 0 unspecified atom stereocenters. The van der Waals surface area contributed by atoms with E-state index in [0.29, 0.717) is 5.57 Å². The van der Waals surface area contributed by atoms with Gasteiger partial charge in [0.1, 0.15) is 4.84 Å². The molecule has 0 saturated heterocycles. The molecule has 0 N–H and O–H groups in total. The van der Waals surface area contributed by atoms with Gasteiger partial charge >= 0.3 is 0 Å². The van der Waals surface area contributed by atoms with Crippen LogP contribution in [0.4, 0.5) is 0 Å². The molecule has 0 aromatic heterocycles. The summed E-state index contributed by atoms with van der Waals surface area (Å²) in [6, 6.07) is 6.31. The average molecular weight is 334 g/mol. The summed E-state index contributed by atoms with van der Waals surface area (Å²) >= 11 is 11.5. The zero-order valence-electron chi connectivity index (χ0n) is 10.9. The lowest BCUT2D eigenvalue weighted by atomic mass is 10.2. The van der Waals surface area contributed by atoms with Gasteiger partial charge in [-0.15, -0.1) is 23.2 Å². The molecule has 1 aromatic carbocycles. The minimum Gasteiger partial charge on any atom is -0.268 e. The van der Waals surface area contributed by atoms with E-state index in [4.69, 9.17) is 23.2 Å². The highest BCUT2D eigenvalue weighted by Gasteiger charge is 2.38. The van der Waals surface area contributed by atoms with E-state index in [1.54, 1.807) is 12.1 Å². The van der Waals surface area contributed by atoms with Crippen LogP contribution in [0.15, 0.2) is 40.3 Å². The minimum atomic E-state index is -3.88. The lowest BCUT2D eigenvalue weighted by Crippen LogP contribution is -2.34. The number of aryl methyl sites for hydroxylation is 1. The SMILES string of the molecule is CC1=C(C(Cl)Cl)CN(S(=O)(=O)c2ccc(C)cc2)C1=O. The molecule has 0 aliphatic carbocycles. The molecule has 7 heteroatoms. The summed E-state index contributed by atoms with van der Waals surface area (Å²) in [4.78, 5) is 11.3. The number of hydrogen-bond donors (Lipinski definition) is 0. The van der Waals surface area contributed by atoms with Gasteiger partial charge in [0.15, 0.2) is 0 Å². The van der Waals surface area contributed by atoms with Crippen molar-refractivity contribution in [2.24, 2.45) is 0 Å². The van der Waals surface area contributed by atoms with Crippen molar-refractivity contribution in [2.75, 3.05) is 6.54 Å². The fourth-order valence-corrected chi connectivity index (χ4v) is 3.80. The number of hydrogen-bond acceptors (Lipinski definition) is 3. The van der Waals surface area contributed by atoms with Gasteiger partial charge in [0.2, 0.25) is 0 Å². The Labute approximate surface area is 128 Å². The molecule has 1 aromatic rings. The highest BCUT2D eigenvalue weighted by Crippen LogP contribution is 2.30. The molecule has 0 bridgehead atoms. The van der Waals surface area contributed by atoms with Gasteiger partial charge in [-0.25, -0.2) is 12.7 Å². The van der Waals surface area contributed by atoms with Gasteiger partial charge in [-0.05, 0) is 31.6 Å². The first-order chi connectivity index (χ1) is 9.25. The zero-order valence-corrected chi connectivity index (χ0v) is 13.3. The molecule has 1 aliphatic rings. The van der Waals surface area contributed by atoms with Crippen molar-refractivity contribution in [2.45, 2.75) is 23.6 Å². The lowest BCUT2D eigenvalue weighted by Gasteiger charge is -2.17. The van der Waals surface area contributed by atoms with Crippen LogP contribution >= 0.6 is 23.2 Å². The van der Waals surface area contributed by atoms with Gasteiger partial charge in [0.25, 0.3) is 15.9 Å². The summed E-state index contributed by atoms with van der Waals surface area (Å²) in [6.45, 7) is 3.28. The van der Waals surface area contributed by atoms with Crippen LogP contribution in [0.1, 0.15) is 12.5 Å². The Kier molecular flexibility index (Phi) is 4.14. The molecular formula is C13H13Cl2NO3S. The maximum absolute atomic E-state index is 12.5. The molecule has 108 valence electrons. The first-order valence-electron chi connectivity index (χ1n) is 5.86. The van der Waals surface area contributed by atoms with E-state index in [-0.39, 0.29) is 17.0 Å². The Balaban J connectivity index is 2.39. The Morgan fingerprint density at radius 2 is 1.70 bits per heavy atom. The van der Waals surface area contributed by atoms with Gasteiger partial charge < -0.3 is 0 Å². The molecule has 1 amide bonds. The Morgan fingerprint density at radius 3 is 2.15 bits per heavy atom. The number of amides is 1. The summed E-state index contributed by atoms with van der Waals surface area (Å²) in [5.74, 6) is -0.577. The van der Waals surface area contributed by atoms with Crippen molar-refractivity contribution < 1.29 is 13.2 Å². The third-order valence-electron chi connectivity index (χ3n) is 3.22. The monoisotopic (exact) mass is 333 g/mol. The quantitative estimate of drug-likeness (QED) is 0.799. The number of carbonyl (C=O) groups is 1. The molecule has 4 nitrogen and oxygen atoms in total. The first-order valence-corrected chi connectivity index (χ1v) is 8.18. The number of sulfonamides is 1. The molecule has 1 heterocycles. The van der Waals surface area contributed by atoms with Crippen LogP contribution in [-0.4, -0.2) is 30.0 Å². The van der Waals surface area contributed by atoms with Crippen LogP contribution in [0.3, 0.4) is 0 Å². The van der Waals surface area contributed by atoms with E-state index in [0.717, 1.165) is 9.87 Å². The van der Waals surface area contributed by atoms with Crippen molar-refractivity contribution in [3.05, 3.63) is 41.0 Å². The number of rotatable bonds is 3. The average Bonchev–Trinajstić information content (AvgIpc) is 2.67. The Hall–Kier alpha value is -1.04. The Morgan fingerprint density at radius 1 is 1.15 bits per heavy atom. The third-order valence-corrected chi connectivity index (χ3v) is 5.49. The number of halogens is 2. The number of carbonyl (C=O) groups excluding carboxylic acids is 1. The highest BCUT2D eigenvalue weighted by atomic mass is 35.5. The zero-order chi connectivity index (χ0) is 15.1. The normalized spacial score (nSPS) is 16.4. The van der Waals surface area contributed by atoms with Crippen LogP contribution < -0.4 is 0 Å². The topological polar surface area (TPSA) is 54.5 Å². The molecule has 0 radical (unpaired) electrons. The van der Waals surface area contributed by atoms with Crippen LogP contribution in [0.25, 0.3) is 0 Å². The summed E-state index contributed by atoms with van der Waals surface area (Å²) < 4.78 is 25.7. The van der Waals surface area contributed by atoms with Crippen molar-refractivity contribution >= 4 is 39.1 Å². The molecule has 0 saturated carbocycles. The van der Waals surface area contributed by atoms with Gasteiger partial charge in [0, 0.05) is 5.57 Å². The van der Waals surface area contributed by atoms with E-state index >= 15 is 0 Å². The fourth-order valence-electron chi connectivity index (χ4n) is 1.93. The third kappa shape index (κ3) is 2.57. The molecule has 0 fully saturated rings. The van der Waals surface area contributed by atoms with E-state index in [1.165, 1.54) is 19.1 Å². The Bertz CT molecular complexity index is 678. The van der Waals surface area contributed by atoms with Crippen molar-refractivity contribution in [3.63, 3.8) is 0 Å². The van der Waals surface area contributed by atoms with Gasteiger partial charge in [0.05, 0.1) is 11.4 Å². The summed E-state index contributed by atoms with van der Waals surface area (Å²) in [6.07, 6.45) is 0. The number of benzene rings is 1. The smallest absolute Gasteiger partial charge is 0.267 e. The molecule has 0 atom stereocenters. The first kappa shape index (κ1) is 15.4. The van der Waals surface area contributed by atoms with E-state index in [1.807, 2.05) is 6.92 Å². The number of alkyl halides is 2. The van der Waals surface area contributed by atoms with Crippen LogP contribution in [-0.2, 0) is 14.8 Å². The van der Waals surface area contributed by atoms with Crippen LogP contribution in [0.5, 0.6) is 0 Å². The van der Waals surface area contributed by atoms with E-state index in [2.05, 4.69) is 0 Å². The number of nitrogens with zero attached hydrogens (tertiary/aromatic N) is 1. The van der Waals surface area contributed by atoms with Gasteiger partial charge in [-0.2, -0.15) is 0 Å². The molecular weight excluding hydrogens is 321 g/mol. The van der Waals surface area contributed by atoms with Crippen molar-refractivity contribution in [1.29, 1.82) is 0 Å². The lowest BCUT2D eigenvalue weighted by molar-refractivity contribution is -0.121. The summed E-state index contributed by atoms with van der Waals surface area (Å²) in [7, 11) is -3.88. The van der Waals surface area contributed by atoms with Crippen LogP contribution in [0, 0.1) is 6.92 Å². The highest BCUT2D eigenvalue weighted by molar-refractivity contribution is 7.89. The standard InChI is InChI=1S/C13H13Cl2NO3S/c1-8-3-5-10(6-4-8)20(18,19)16-7-11(12(14)15)9(2)13(16)17/h3-6,12H,7H2,1-2H3. The van der Waals surface area contributed by atoms with Gasteiger partial charge in [-0.3, -0.25) is 4.79 Å². The second-order valence-electron chi connectivity index (χ2n) is 4.58.